The van der Waals surface area contributed by atoms with Gasteiger partial charge in [-0.2, -0.15) is 0 Å². The third kappa shape index (κ3) is 7.73. The van der Waals surface area contributed by atoms with Gasteiger partial charge in [-0.1, -0.05) is 194 Å². The Morgan fingerprint density at radius 3 is 0.579 bits per heavy atom. The van der Waals surface area contributed by atoms with E-state index in [0.717, 1.165) is 21.2 Å². The molecule has 0 atom stereocenters. The fourth-order valence-corrected chi connectivity index (χ4v) is 26.7. The molecule has 8 aromatic carbocycles. The van der Waals surface area contributed by atoms with Crippen LogP contribution in [-0.2, 0) is 9.13 Å². The van der Waals surface area contributed by atoms with Crippen LogP contribution in [0.3, 0.4) is 0 Å². The van der Waals surface area contributed by atoms with Gasteiger partial charge in [0.1, 0.15) is 0 Å². The first kappa shape index (κ1) is 38.5. The van der Waals surface area contributed by atoms with Crippen LogP contribution < -0.4 is 42.4 Å². The van der Waals surface area contributed by atoms with E-state index in [-0.39, 0.29) is 0 Å². The zero-order valence-electron chi connectivity index (χ0n) is 31.3. The molecule has 0 aliphatic heterocycles. The first-order valence-electron chi connectivity index (χ1n) is 18.9. The van der Waals surface area contributed by atoms with Gasteiger partial charge in [-0.05, 0) is 69.7 Å². The highest BCUT2D eigenvalue weighted by Crippen LogP contribution is 2.70. The lowest BCUT2D eigenvalue weighted by atomic mass is 10.4. The number of rotatable bonds is 12. The van der Waals surface area contributed by atoms with Crippen LogP contribution in [0.25, 0.3) is 0 Å². The van der Waals surface area contributed by atoms with Crippen molar-refractivity contribution >= 4 is 71.1 Å². The van der Waals surface area contributed by atoms with Gasteiger partial charge in [0.05, 0.1) is 0 Å². The van der Waals surface area contributed by atoms with E-state index >= 15 is 9.13 Å². The fraction of sp³-hybridized carbons (Fsp3) is 0.0204. The SMILES string of the molecule is O=P(N=P(CP(=NP(=O)(c1ccccc1)c1ccccc1)(c1ccccc1)c1ccccc1)(c1ccccc1)c1ccccc1)(c1ccccc1)c1ccccc1. The van der Waals surface area contributed by atoms with E-state index < -0.39 is 28.7 Å². The molecule has 0 aliphatic rings. The maximum atomic E-state index is 16.5. The minimum absolute atomic E-state index is 0.370. The minimum atomic E-state index is -3.73. The Labute approximate surface area is 336 Å². The summed E-state index contributed by atoms with van der Waals surface area (Å²) >= 11 is 0. The Hall–Kier alpha value is -5.32. The van der Waals surface area contributed by atoms with E-state index in [1.54, 1.807) is 0 Å². The molecule has 57 heavy (non-hydrogen) atoms. The molecule has 0 aromatic heterocycles. The van der Waals surface area contributed by atoms with E-state index in [2.05, 4.69) is 48.5 Å². The zero-order valence-corrected chi connectivity index (χ0v) is 34.9. The molecule has 0 saturated heterocycles. The summed E-state index contributed by atoms with van der Waals surface area (Å²) in [5.74, 6) is 0.370. The molecule has 280 valence electrons. The normalized spacial score (nSPS) is 12.1. The van der Waals surface area contributed by atoms with Gasteiger partial charge in [-0.3, -0.25) is 9.13 Å². The number of benzene rings is 8. The Morgan fingerprint density at radius 2 is 0.404 bits per heavy atom. The van der Waals surface area contributed by atoms with Crippen LogP contribution in [0, 0.1) is 0 Å². The Balaban J connectivity index is 1.60. The minimum Gasteiger partial charge on any atom is -0.288 e. The lowest BCUT2D eigenvalue weighted by molar-refractivity contribution is 0.587. The number of hydrogen-bond acceptors (Lipinski definition) is 2. The molecule has 0 amide bonds. The second-order valence-corrected chi connectivity index (χ2v) is 25.8. The highest BCUT2D eigenvalue weighted by molar-refractivity contribution is 8.01. The zero-order chi connectivity index (χ0) is 39.0. The summed E-state index contributed by atoms with van der Waals surface area (Å²) in [4.78, 5) is 0. The number of nitrogens with zero attached hydrogens (tertiary/aromatic N) is 2. The van der Waals surface area contributed by atoms with Crippen molar-refractivity contribution in [1.29, 1.82) is 0 Å². The molecular formula is C49H42N2O2P4. The van der Waals surface area contributed by atoms with Crippen molar-refractivity contribution in [2.75, 3.05) is 5.90 Å². The predicted octanol–water partition coefficient (Wildman–Crippen LogP) is 10.5. The largest absolute Gasteiger partial charge is 0.288 e. The van der Waals surface area contributed by atoms with Crippen LogP contribution in [0.4, 0.5) is 0 Å². The lowest BCUT2D eigenvalue weighted by Gasteiger charge is -2.37. The Kier molecular flexibility index (Phi) is 11.5. The van der Waals surface area contributed by atoms with E-state index in [9.17, 15) is 0 Å². The van der Waals surface area contributed by atoms with Gasteiger partial charge in [0.15, 0.2) is 0 Å². The maximum absolute atomic E-state index is 16.5. The van der Waals surface area contributed by atoms with Crippen LogP contribution in [0.15, 0.2) is 252 Å². The molecule has 8 aromatic rings. The van der Waals surface area contributed by atoms with Crippen molar-refractivity contribution in [3.63, 3.8) is 0 Å². The summed E-state index contributed by atoms with van der Waals surface area (Å²) in [5.41, 5.74) is 0. The van der Waals surface area contributed by atoms with E-state index in [4.69, 9.17) is 9.03 Å². The van der Waals surface area contributed by atoms with Gasteiger partial charge >= 0.3 is 0 Å². The molecule has 0 fully saturated rings. The molecule has 8 rings (SSSR count). The third-order valence-corrected chi connectivity index (χ3v) is 26.5. The summed E-state index contributed by atoms with van der Waals surface area (Å²) in [6, 6.07) is 80.1. The number of hydrogen-bond donors (Lipinski definition) is 0. The first-order valence-corrected chi connectivity index (χ1v) is 26.0. The average molecular weight is 815 g/mol. The maximum Gasteiger partial charge on any atom is 0.246 e. The van der Waals surface area contributed by atoms with Crippen LogP contribution in [0.2, 0.25) is 0 Å². The van der Waals surface area contributed by atoms with Gasteiger partial charge < -0.3 is 0 Å². The summed E-state index contributed by atoms with van der Waals surface area (Å²) in [6.07, 6.45) is 0. The highest BCUT2D eigenvalue weighted by atomic mass is 31.2. The van der Waals surface area contributed by atoms with Crippen molar-refractivity contribution in [1.82, 2.24) is 0 Å². The average Bonchev–Trinajstić information content (AvgIpc) is 3.30. The molecule has 0 bridgehead atoms. The van der Waals surface area contributed by atoms with Crippen LogP contribution >= 0.6 is 28.7 Å². The summed E-state index contributed by atoms with van der Waals surface area (Å²) in [5, 5.41) is 6.54. The Bertz CT molecular complexity index is 2390. The third-order valence-electron chi connectivity index (χ3n) is 10.1. The monoisotopic (exact) mass is 814 g/mol. The lowest BCUT2D eigenvalue weighted by Crippen LogP contribution is -2.27. The van der Waals surface area contributed by atoms with Crippen molar-refractivity contribution in [3.8, 4) is 0 Å². The summed E-state index contributed by atoms with van der Waals surface area (Å²) in [6.45, 7) is 0. The molecule has 0 N–H and O–H groups in total. The van der Waals surface area contributed by atoms with Gasteiger partial charge in [0.25, 0.3) is 0 Å². The standard InChI is InChI=1S/C49H42N2O2P4/c52-56(46-33-17-5-18-34-46,47-35-19-6-20-36-47)50-54(42-25-9-1-10-26-42,43-27-11-2-12-28-43)41-55(44-29-13-3-14-30-44,45-31-15-4-16-32-45)51-57(53,48-37-21-7-22-38-48)49-39-23-8-24-40-49/h1-40H,41H2. The predicted molar refractivity (Wildman–Crippen MR) is 247 cm³/mol. The summed E-state index contributed by atoms with van der Waals surface area (Å²) < 4.78 is 44.9. The molecule has 0 spiro atoms. The quantitative estimate of drug-likeness (QED) is 0.115. The molecule has 0 heterocycles. The smallest absolute Gasteiger partial charge is 0.246 e. The van der Waals surface area contributed by atoms with Gasteiger partial charge in [-0.25, -0.2) is 9.03 Å². The molecule has 0 aliphatic carbocycles. The van der Waals surface area contributed by atoms with Gasteiger partial charge in [-0.15, -0.1) is 0 Å². The van der Waals surface area contributed by atoms with Crippen LogP contribution in [-0.4, -0.2) is 5.90 Å². The molecule has 0 radical (unpaired) electrons. The highest BCUT2D eigenvalue weighted by Gasteiger charge is 2.42. The van der Waals surface area contributed by atoms with Crippen LogP contribution in [0.5, 0.6) is 0 Å². The van der Waals surface area contributed by atoms with Gasteiger partial charge in [0.2, 0.25) is 14.6 Å². The second-order valence-electron chi connectivity index (χ2n) is 13.7. The molecule has 0 saturated carbocycles. The van der Waals surface area contributed by atoms with Crippen molar-refractivity contribution in [3.05, 3.63) is 243 Å². The first-order chi connectivity index (χ1) is 28.0. The molecular weight excluding hydrogens is 772 g/mol. The molecule has 0 unspecified atom stereocenters. The van der Waals surface area contributed by atoms with Gasteiger partial charge in [0, 0.05) is 41.2 Å². The fourth-order valence-electron chi connectivity index (χ4n) is 7.34. The van der Waals surface area contributed by atoms with E-state index in [1.807, 2.05) is 194 Å². The van der Waals surface area contributed by atoms with Crippen molar-refractivity contribution < 1.29 is 9.13 Å². The Morgan fingerprint density at radius 1 is 0.246 bits per heavy atom. The van der Waals surface area contributed by atoms with E-state index in [0.29, 0.717) is 27.1 Å². The van der Waals surface area contributed by atoms with Crippen molar-refractivity contribution in [2.45, 2.75) is 0 Å². The second kappa shape index (κ2) is 17.0. The summed E-state index contributed by atoms with van der Waals surface area (Å²) in [7, 11) is -13.8. The van der Waals surface area contributed by atoms with E-state index in [1.165, 1.54) is 0 Å². The topological polar surface area (TPSA) is 58.9 Å². The molecule has 8 heteroatoms. The van der Waals surface area contributed by atoms with Crippen LogP contribution in [0.1, 0.15) is 0 Å². The molecule has 4 nitrogen and oxygen atoms in total. The van der Waals surface area contributed by atoms with Crippen molar-refractivity contribution in [2.24, 2.45) is 9.03 Å².